The lowest BCUT2D eigenvalue weighted by Gasteiger charge is -2.28. The highest BCUT2D eigenvalue weighted by Gasteiger charge is 2.33. The van der Waals surface area contributed by atoms with E-state index in [-0.39, 0.29) is 24.9 Å². The van der Waals surface area contributed by atoms with Crippen LogP contribution in [0.2, 0.25) is 0 Å². The topological polar surface area (TPSA) is 98.9 Å². The first-order valence-corrected chi connectivity index (χ1v) is 10.0. The minimum atomic E-state index is -0.504. The summed E-state index contributed by atoms with van der Waals surface area (Å²) in [7, 11) is 3.18. The molecule has 8 nitrogen and oxygen atoms in total. The van der Waals surface area contributed by atoms with Crippen molar-refractivity contribution in [2.24, 2.45) is 0 Å². The van der Waals surface area contributed by atoms with Crippen LogP contribution in [-0.4, -0.2) is 50.9 Å². The molecule has 0 spiro atoms. The number of hydrogen-bond donors (Lipinski definition) is 2. The van der Waals surface area contributed by atoms with E-state index in [1.807, 2.05) is 12.1 Å². The first-order valence-electron chi connectivity index (χ1n) is 10.0. The van der Waals surface area contributed by atoms with Crippen LogP contribution in [0.5, 0.6) is 11.5 Å². The van der Waals surface area contributed by atoms with Gasteiger partial charge in [0.05, 0.1) is 44.7 Å². The number of rotatable bonds is 7. The van der Waals surface area contributed by atoms with Gasteiger partial charge in [-0.05, 0) is 56.0 Å². The van der Waals surface area contributed by atoms with E-state index >= 15 is 0 Å². The van der Waals surface area contributed by atoms with E-state index in [1.165, 1.54) is 0 Å². The summed E-state index contributed by atoms with van der Waals surface area (Å²) in [6.07, 6.45) is 0.797. The molecule has 3 rings (SSSR count). The van der Waals surface area contributed by atoms with Gasteiger partial charge >= 0.3 is 11.9 Å². The van der Waals surface area contributed by atoms with Gasteiger partial charge < -0.3 is 29.2 Å². The van der Waals surface area contributed by atoms with Crippen LogP contribution in [0.15, 0.2) is 12.1 Å². The zero-order chi connectivity index (χ0) is 21.8. The molecule has 2 N–H and O–H groups in total. The van der Waals surface area contributed by atoms with E-state index in [1.54, 1.807) is 35.0 Å². The molecule has 0 aliphatic carbocycles. The molecular weight excluding hydrogens is 388 g/mol. The number of fused-ring (bicyclic) bond motifs is 1. The molecule has 1 aliphatic rings. The molecule has 1 unspecified atom stereocenters. The number of ether oxygens (including phenoxy) is 4. The van der Waals surface area contributed by atoms with Crippen molar-refractivity contribution < 1.29 is 28.5 Å². The van der Waals surface area contributed by atoms with Gasteiger partial charge in [-0.3, -0.25) is 0 Å². The van der Waals surface area contributed by atoms with Gasteiger partial charge in [-0.25, -0.2) is 9.59 Å². The van der Waals surface area contributed by atoms with Crippen molar-refractivity contribution in [3.8, 4) is 11.5 Å². The Morgan fingerprint density at radius 1 is 1.03 bits per heavy atom. The molecule has 0 bridgehead atoms. The van der Waals surface area contributed by atoms with E-state index < -0.39 is 11.9 Å². The summed E-state index contributed by atoms with van der Waals surface area (Å²) < 4.78 is 21.3. The van der Waals surface area contributed by atoms with Gasteiger partial charge in [0.1, 0.15) is 5.69 Å². The summed E-state index contributed by atoms with van der Waals surface area (Å²) in [6, 6.07) is 3.50. The number of aromatic amines is 1. The van der Waals surface area contributed by atoms with Crippen molar-refractivity contribution in [2.45, 2.75) is 33.2 Å². The Kier molecular flexibility index (Phi) is 6.66. The summed E-state index contributed by atoms with van der Waals surface area (Å²) in [5.41, 5.74) is 3.71. The minimum absolute atomic E-state index is 0.233. The van der Waals surface area contributed by atoms with Crippen LogP contribution in [0.4, 0.5) is 0 Å². The molecule has 162 valence electrons. The van der Waals surface area contributed by atoms with Crippen molar-refractivity contribution in [2.75, 3.05) is 34.0 Å². The number of carbonyl (C=O) groups excluding carboxylic acids is 2. The predicted molar refractivity (Wildman–Crippen MR) is 111 cm³/mol. The Balaban J connectivity index is 2.17. The average Bonchev–Trinajstić information content (AvgIpc) is 3.09. The highest BCUT2D eigenvalue weighted by Crippen LogP contribution is 2.39. The molecule has 0 amide bonds. The molecule has 1 aliphatic heterocycles. The third kappa shape index (κ3) is 3.87. The summed E-state index contributed by atoms with van der Waals surface area (Å²) in [5.74, 6) is 0.260. The monoisotopic (exact) mass is 416 g/mol. The second kappa shape index (κ2) is 9.21. The second-order valence-electron chi connectivity index (χ2n) is 6.90. The van der Waals surface area contributed by atoms with Gasteiger partial charge in [0.2, 0.25) is 0 Å². The normalized spacial score (nSPS) is 15.3. The van der Waals surface area contributed by atoms with Crippen molar-refractivity contribution in [3.63, 3.8) is 0 Å². The molecule has 0 fully saturated rings. The van der Waals surface area contributed by atoms with Crippen LogP contribution in [0.25, 0.3) is 0 Å². The number of nitrogens with one attached hydrogen (secondary N) is 2. The zero-order valence-corrected chi connectivity index (χ0v) is 18.0. The van der Waals surface area contributed by atoms with E-state index in [0.717, 1.165) is 17.5 Å². The third-order valence-corrected chi connectivity index (χ3v) is 5.23. The van der Waals surface area contributed by atoms with E-state index in [9.17, 15) is 9.59 Å². The third-order valence-electron chi connectivity index (χ3n) is 5.23. The van der Waals surface area contributed by atoms with Gasteiger partial charge in [0.15, 0.2) is 11.5 Å². The quantitative estimate of drug-likeness (QED) is 0.670. The lowest BCUT2D eigenvalue weighted by Crippen LogP contribution is -2.32. The minimum Gasteiger partial charge on any atom is -0.493 e. The fourth-order valence-corrected chi connectivity index (χ4v) is 3.85. The van der Waals surface area contributed by atoms with Crippen LogP contribution in [0.3, 0.4) is 0 Å². The van der Waals surface area contributed by atoms with Crippen molar-refractivity contribution in [3.05, 3.63) is 45.8 Å². The number of H-pyrrole nitrogens is 1. The average molecular weight is 416 g/mol. The molecule has 2 heterocycles. The highest BCUT2D eigenvalue weighted by molar-refractivity contribution is 5.99. The summed E-state index contributed by atoms with van der Waals surface area (Å²) >= 11 is 0. The van der Waals surface area contributed by atoms with Crippen molar-refractivity contribution in [1.82, 2.24) is 10.3 Å². The molecule has 0 saturated heterocycles. The maximum absolute atomic E-state index is 12.8. The van der Waals surface area contributed by atoms with Crippen LogP contribution < -0.4 is 14.8 Å². The Labute approximate surface area is 175 Å². The number of methoxy groups -OCH3 is 2. The van der Waals surface area contributed by atoms with Crippen molar-refractivity contribution >= 4 is 11.9 Å². The fraction of sp³-hybridized carbons (Fsp3) is 0.455. The second-order valence-corrected chi connectivity index (χ2v) is 6.90. The zero-order valence-electron chi connectivity index (χ0n) is 18.0. The highest BCUT2D eigenvalue weighted by atomic mass is 16.5. The summed E-state index contributed by atoms with van der Waals surface area (Å²) in [6.45, 7) is 6.37. The predicted octanol–water partition coefficient (Wildman–Crippen LogP) is 2.93. The van der Waals surface area contributed by atoms with E-state index in [0.29, 0.717) is 34.9 Å². The first kappa shape index (κ1) is 21.7. The number of carbonyl (C=O) groups is 2. The first-order chi connectivity index (χ1) is 14.5. The molecule has 0 saturated carbocycles. The molecule has 2 aromatic rings. The van der Waals surface area contributed by atoms with Crippen LogP contribution in [0.1, 0.15) is 63.1 Å². The van der Waals surface area contributed by atoms with Crippen molar-refractivity contribution in [1.29, 1.82) is 0 Å². The number of hydrogen-bond acceptors (Lipinski definition) is 7. The molecule has 0 radical (unpaired) electrons. The number of esters is 2. The van der Waals surface area contributed by atoms with Crippen LogP contribution in [-0.2, 0) is 15.9 Å². The molecule has 1 aromatic carbocycles. The molecule has 1 atom stereocenters. The molecule has 1 aromatic heterocycles. The van der Waals surface area contributed by atoms with Gasteiger partial charge in [-0.15, -0.1) is 0 Å². The number of aromatic nitrogens is 1. The SMILES string of the molecule is CCOC(=O)c1[nH]c(C2NCCc3cc(OC)c(OC)cc32)c(C(=O)OCC)c1C. The van der Waals surface area contributed by atoms with Gasteiger partial charge in [-0.1, -0.05) is 0 Å². The summed E-state index contributed by atoms with van der Waals surface area (Å²) in [5, 5.41) is 3.44. The van der Waals surface area contributed by atoms with Gasteiger partial charge in [0.25, 0.3) is 0 Å². The smallest absolute Gasteiger partial charge is 0.355 e. The molecule has 30 heavy (non-hydrogen) atoms. The maximum Gasteiger partial charge on any atom is 0.355 e. The van der Waals surface area contributed by atoms with Crippen LogP contribution in [0, 0.1) is 6.92 Å². The largest absolute Gasteiger partial charge is 0.493 e. The van der Waals surface area contributed by atoms with Gasteiger partial charge in [0, 0.05) is 6.54 Å². The Morgan fingerprint density at radius 2 is 1.67 bits per heavy atom. The Bertz CT molecular complexity index is 950. The Morgan fingerprint density at radius 3 is 2.30 bits per heavy atom. The van der Waals surface area contributed by atoms with Gasteiger partial charge in [-0.2, -0.15) is 0 Å². The molecular formula is C22H28N2O6. The summed E-state index contributed by atoms with van der Waals surface area (Å²) in [4.78, 5) is 28.4. The lowest BCUT2D eigenvalue weighted by atomic mass is 9.90. The number of benzene rings is 1. The fourth-order valence-electron chi connectivity index (χ4n) is 3.85. The standard InChI is InChI=1S/C22H28N2O6/c1-6-29-21(25)17-12(3)18(22(26)30-7-2)24-20(17)19-14-11-16(28-5)15(27-4)10-13(14)8-9-23-19/h10-11,19,23-24H,6-9H2,1-5H3. The van der Waals surface area contributed by atoms with E-state index in [4.69, 9.17) is 18.9 Å². The van der Waals surface area contributed by atoms with Crippen LogP contribution >= 0.6 is 0 Å². The lowest BCUT2D eigenvalue weighted by molar-refractivity contribution is 0.0517. The molecule has 8 heteroatoms. The Hall–Kier alpha value is -3.00. The van der Waals surface area contributed by atoms with E-state index in [2.05, 4.69) is 10.3 Å². The maximum atomic E-state index is 12.8.